The zero-order chi connectivity index (χ0) is 12.6. The Balaban J connectivity index is 0.000000293. The molecule has 0 atom stereocenters. The zero-order valence-electron chi connectivity index (χ0n) is 11.0. The second-order valence-electron chi connectivity index (χ2n) is 4.73. The Kier molecular flexibility index (Phi) is 6.97. The predicted octanol–water partition coefficient (Wildman–Crippen LogP) is 1.31. The molecule has 0 aliphatic carbocycles. The highest BCUT2D eigenvalue weighted by atomic mass is 16.2. The van der Waals surface area contributed by atoms with E-state index >= 15 is 0 Å². The first-order valence-electron chi connectivity index (χ1n) is 6.01. The number of imide groups is 1. The van der Waals surface area contributed by atoms with Crippen LogP contribution in [0.1, 0.15) is 40.0 Å². The van der Waals surface area contributed by atoms with Crippen LogP contribution in [0.4, 0.5) is 0 Å². The molecule has 1 fully saturated rings. The van der Waals surface area contributed by atoms with E-state index in [0.717, 1.165) is 0 Å². The molecule has 0 radical (unpaired) electrons. The van der Waals surface area contributed by atoms with Crippen molar-refractivity contribution in [1.29, 1.82) is 0 Å². The zero-order valence-corrected chi connectivity index (χ0v) is 11.0. The number of nitrogens with one attached hydrogen (secondary N) is 1. The highest BCUT2D eigenvalue weighted by Gasteiger charge is 2.24. The molecule has 0 unspecified atom stereocenters. The van der Waals surface area contributed by atoms with Crippen LogP contribution in [0.2, 0.25) is 0 Å². The lowest BCUT2D eigenvalue weighted by Crippen LogP contribution is -2.41. The third-order valence-corrected chi connectivity index (χ3v) is 2.76. The van der Waals surface area contributed by atoms with Crippen molar-refractivity contribution in [2.45, 2.75) is 40.0 Å². The maximum Gasteiger partial charge on any atom is 0.223 e. The summed E-state index contributed by atoms with van der Waals surface area (Å²) in [4.78, 5) is 19.8. The molecule has 1 rings (SSSR count). The minimum Gasteiger partial charge on any atom is -0.326 e. The Morgan fingerprint density at radius 3 is 1.81 bits per heavy atom. The number of hydrogen-bond acceptors (Lipinski definition) is 2. The highest BCUT2D eigenvalue weighted by Crippen LogP contribution is 2.15. The van der Waals surface area contributed by atoms with Gasteiger partial charge in [-0.3, -0.25) is 14.9 Å². The number of amides is 2. The summed E-state index contributed by atoms with van der Waals surface area (Å²) < 4.78 is 1.34. The molecule has 1 N–H and O–H groups in total. The average molecular weight is 229 g/mol. The molecule has 2 amide bonds. The maximum atomic E-state index is 9.92. The van der Waals surface area contributed by atoms with E-state index in [2.05, 4.69) is 14.0 Å². The van der Waals surface area contributed by atoms with Gasteiger partial charge in [0.1, 0.15) is 0 Å². The van der Waals surface area contributed by atoms with Crippen LogP contribution in [0.25, 0.3) is 0 Å². The Labute approximate surface area is 98.6 Å². The molecule has 0 aromatic heterocycles. The first kappa shape index (κ1) is 15.1. The Morgan fingerprint density at radius 2 is 1.56 bits per heavy atom. The summed E-state index contributed by atoms with van der Waals surface area (Å²) >= 11 is 0. The standard InChI is InChI=1S/C8H18N.C4H7NO2/c1-3-6-9(2)7-4-5-8-9;1-3(6)5-4(2)7/h3-8H2,1-2H3;1-2H3,(H,5,6,7)/q+1;. The lowest BCUT2D eigenvalue weighted by atomic mass is 10.4. The van der Waals surface area contributed by atoms with E-state index in [1.165, 1.54) is 57.2 Å². The lowest BCUT2D eigenvalue weighted by molar-refractivity contribution is -0.897. The molecule has 1 saturated heterocycles. The van der Waals surface area contributed by atoms with Gasteiger partial charge in [0.05, 0.1) is 26.7 Å². The van der Waals surface area contributed by atoms with Gasteiger partial charge in [0.25, 0.3) is 0 Å². The average Bonchev–Trinajstić information content (AvgIpc) is 2.51. The van der Waals surface area contributed by atoms with E-state index in [9.17, 15) is 9.59 Å². The Morgan fingerprint density at radius 1 is 1.12 bits per heavy atom. The molecule has 0 saturated carbocycles. The minimum atomic E-state index is -0.312. The van der Waals surface area contributed by atoms with Crippen LogP contribution in [0, 0.1) is 0 Å². The second-order valence-corrected chi connectivity index (χ2v) is 4.73. The van der Waals surface area contributed by atoms with Gasteiger partial charge in [-0.1, -0.05) is 6.92 Å². The molecular formula is C12H25N2O2+. The van der Waals surface area contributed by atoms with Crippen molar-refractivity contribution < 1.29 is 14.1 Å². The van der Waals surface area contributed by atoms with E-state index in [1.54, 1.807) is 0 Å². The normalized spacial score (nSPS) is 17.2. The number of likely N-dealkylation sites (tertiary alicyclic amines) is 1. The number of rotatable bonds is 2. The lowest BCUT2D eigenvalue weighted by Gasteiger charge is -2.28. The second kappa shape index (κ2) is 7.39. The molecule has 0 aromatic carbocycles. The molecule has 0 aromatic rings. The van der Waals surface area contributed by atoms with Crippen LogP contribution < -0.4 is 5.32 Å². The van der Waals surface area contributed by atoms with Crippen LogP contribution in [0.3, 0.4) is 0 Å². The van der Waals surface area contributed by atoms with E-state index in [0.29, 0.717) is 0 Å². The number of hydrogen-bond donors (Lipinski definition) is 1. The summed E-state index contributed by atoms with van der Waals surface area (Å²) in [5.41, 5.74) is 0. The molecule has 1 aliphatic rings. The fourth-order valence-corrected chi connectivity index (χ4v) is 2.11. The molecule has 94 valence electrons. The molecule has 1 aliphatic heterocycles. The number of carbonyl (C=O) groups excluding carboxylic acids is 2. The van der Waals surface area contributed by atoms with Gasteiger partial charge in [0, 0.05) is 26.7 Å². The van der Waals surface area contributed by atoms with Crippen molar-refractivity contribution in [2.24, 2.45) is 0 Å². The van der Waals surface area contributed by atoms with Crippen LogP contribution in [-0.2, 0) is 9.59 Å². The van der Waals surface area contributed by atoms with Gasteiger partial charge in [-0.2, -0.15) is 0 Å². The van der Waals surface area contributed by atoms with Crippen LogP contribution in [0.15, 0.2) is 0 Å². The van der Waals surface area contributed by atoms with Crippen molar-refractivity contribution in [3.8, 4) is 0 Å². The minimum absolute atomic E-state index is 0.312. The summed E-state index contributed by atoms with van der Waals surface area (Å²) in [6.07, 6.45) is 4.25. The SMILES string of the molecule is CC(=O)NC(C)=O.CCC[N+]1(C)CCCC1. The van der Waals surface area contributed by atoms with Crippen LogP contribution >= 0.6 is 0 Å². The van der Waals surface area contributed by atoms with Gasteiger partial charge in [-0.05, 0) is 6.42 Å². The third kappa shape index (κ3) is 7.40. The molecule has 1 heterocycles. The highest BCUT2D eigenvalue weighted by molar-refractivity contribution is 5.92. The van der Waals surface area contributed by atoms with Gasteiger partial charge >= 0.3 is 0 Å². The monoisotopic (exact) mass is 229 g/mol. The van der Waals surface area contributed by atoms with Gasteiger partial charge in [-0.25, -0.2) is 0 Å². The van der Waals surface area contributed by atoms with Crippen LogP contribution in [-0.4, -0.2) is 43.0 Å². The van der Waals surface area contributed by atoms with Gasteiger partial charge in [0.15, 0.2) is 0 Å². The first-order valence-corrected chi connectivity index (χ1v) is 6.01. The van der Waals surface area contributed by atoms with Crippen molar-refractivity contribution in [3.63, 3.8) is 0 Å². The molecule has 0 spiro atoms. The predicted molar refractivity (Wildman–Crippen MR) is 64.8 cm³/mol. The fraction of sp³-hybridized carbons (Fsp3) is 0.833. The summed E-state index contributed by atoms with van der Waals surface area (Å²) in [7, 11) is 2.39. The van der Waals surface area contributed by atoms with Gasteiger partial charge in [0.2, 0.25) is 11.8 Å². The largest absolute Gasteiger partial charge is 0.326 e. The molecule has 4 heteroatoms. The number of carbonyl (C=O) groups is 2. The molecular weight excluding hydrogens is 204 g/mol. The first-order chi connectivity index (χ1) is 7.39. The van der Waals surface area contributed by atoms with E-state index in [4.69, 9.17) is 0 Å². The maximum absolute atomic E-state index is 9.92. The summed E-state index contributed by atoms with van der Waals surface area (Å²) in [6, 6.07) is 0. The Bertz CT molecular complexity index is 221. The Hall–Kier alpha value is -0.900. The number of quaternary nitrogens is 1. The van der Waals surface area contributed by atoms with Crippen molar-refractivity contribution in [1.82, 2.24) is 5.32 Å². The van der Waals surface area contributed by atoms with Crippen molar-refractivity contribution >= 4 is 11.8 Å². The van der Waals surface area contributed by atoms with E-state index < -0.39 is 0 Å². The summed E-state index contributed by atoms with van der Waals surface area (Å²) in [5.74, 6) is -0.625. The van der Waals surface area contributed by atoms with E-state index in [1.807, 2.05) is 5.32 Å². The number of nitrogens with zero attached hydrogens (tertiary/aromatic N) is 1. The topological polar surface area (TPSA) is 46.2 Å². The molecule has 0 bridgehead atoms. The van der Waals surface area contributed by atoms with Gasteiger partial charge in [-0.15, -0.1) is 0 Å². The summed E-state index contributed by atoms with van der Waals surface area (Å²) in [6.45, 7) is 9.10. The van der Waals surface area contributed by atoms with Gasteiger partial charge < -0.3 is 4.48 Å². The van der Waals surface area contributed by atoms with E-state index in [-0.39, 0.29) is 11.8 Å². The fourth-order valence-electron chi connectivity index (χ4n) is 2.11. The summed E-state index contributed by atoms with van der Waals surface area (Å²) in [5, 5.41) is 2.03. The molecule has 4 nitrogen and oxygen atoms in total. The van der Waals surface area contributed by atoms with Crippen molar-refractivity contribution in [2.75, 3.05) is 26.7 Å². The smallest absolute Gasteiger partial charge is 0.223 e. The third-order valence-electron chi connectivity index (χ3n) is 2.76. The molecule has 16 heavy (non-hydrogen) atoms. The van der Waals surface area contributed by atoms with Crippen LogP contribution in [0.5, 0.6) is 0 Å². The quantitative estimate of drug-likeness (QED) is 0.726. The van der Waals surface area contributed by atoms with Crippen molar-refractivity contribution in [3.05, 3.63) is 0 Å².